The van der Waals surface area contributed by atoms with E-state index in [9.17, 15) is 18.0 Å². The number of hydroxylamine groups is 1. The predicted molar refractivity (Wildman–Crippen MR) is 35.6 cm³/mol. The van der Waals surface area contributed by atoms with E-state index in [1.165, 1.54) is 0 Å². The van der Waals surface area contributed by atoms with E-state index in [2.05, 4.69) is 0 Å². The van der Waals surface area contributed by atoms with Crippen LogP contribution in [0.4, 0.5) is 13.2 Å². The molecule has 0 aliphatic carbocycles. The zero-order valence-corrected chi connectivity index (χ0v) is 6.14. The van der Waals surface area contributed by atoms with E-state index in [1.54, 1.807) is 0 Å². The number of hydrogen-bond acceptors (Lipinski definition) is 2. The van der Waals surface area contributed by atoms with Crippen LogP contribution in [0.3, 0.4) is 0 Å². The van der Waals surface area contributed by atoms with Crippen LogP contribution in [0, 0.1) is 17.5 Å². The van der Waals surface area contributed by atoms with E-state index in [0.29, 0.717) is 6.07 Å². The zero-order valence-electron chi connectivity index (χ0n) is 6.14. The average Bonchev–Trinajstić information content (AvgIpc) is 2.10. The molecule has 0 bridgehead atoms. The molecule has 0 saturated heterocycles. The van der Waals surface area contributed by atoms with E-state index in [4.69, 9.17) is 5.21 Å². The second-order valence-electron chi connectivity index (χ2n) is 2.19. The summed E-state index contributed by atoms with van der Waals surface area (Å²) in [6.07, 6.45) is 0. The van der Waals surface area contributed by atoms with Crippen molar-refractivity contribution in [3.05, 3.63) is 35.1 Å². The van der Waals surface area contributed by atoms with Gasteiger partial charge in [-0.2, -0.15) is 0 Å². The van der Waals surface area contributed by atoms with Crippen LogP contribution >= 0.6 is 0 Å². The lowest BCUT2D eigenvalue weighted by molar-refractivity contribution is 0.0701. The fourth-order valence-electron chi connectivity index (χ4n) is 0.757. The Kier molecular flexibility index (Phi) is 2.52. The van der Waals surface area contributed by atoms with E-state index >= 15 is 0 Å². The lowest BCUT2D eigenvalue weighted by Gasteiger charge is -2.00. The van der Waals surface area contributed by atoms with Crippen molar-refractivity contribution in [2.45, 2.75) is 0 Å². The average molecular weight is 191 g/mol. The molecule has 0 atom stereocenters. The third kappa shape index (κ3) is 1.78. The maximum atomic E-state index is 12.7. The van der Waals surface area contributed by atoms with Crippen LogP contribution in [0.5, 0.6) is 0 Å². The smallest absolute Gasteiger partial charge is 0.277 e. The standard InChI is InChI=1S/C7H4F3NO2/c8-4-2-6(10)5(9)1-3(4)7(12)11-13/h1-2,13H,(H,11,12). The molecule has 0 aliphatic rings. The van der Waals surface area contributed by atoms with Crippen LogP contribution in [0.15, 0.2) is 12.1 Å². The van der Waals surface area contributed by atoms with Crippen molar-refractivity contribution >= 4 is 5.91 Å². The van der Waals surface area contributed by atoms with Gasteiger partial charge in [-0.3, -0.25) is 10.0 Å². The van der Waals surface area contributed by atoms with Crippen LogP contribution in [-0.4, -0.2) is 11.1 Å². The number of benzene rings is 1. The molecule has 1 amide bonds. The number of carbonyl (C=O) groups excluding carboxylic acids is 1. The SMILES string of the molecule is O=C(NO)c1cc(F)c(F)cc1F. The summed E-state index contributed by atoms with van der Waals surface area (Å²) in [6, 6.07) is 0.579. The van der Waals surface area contributed by atoms with Gasteiger partial charge >= 0.3 is 0 Å². The van der Waals surface area contributed by atoms with Gasteiger partial charge in [0.05, 0.1) is 5.56 Å². The van der Waals surface area contributed by atoms with E-state index in [1.807, 2.05) is 0 Å². The zero-order chi connectivity index (χ0) is 10.0. The second-order valence-corrected chi connectivity index (χ2v) is 2.19. The number of hydrogen-bond donors (Lipinski definition) is 2. The number of halogens is 3. The largest absolute Gasteiger partial charge is 0.288 e. The third-order valence-electron chi connectivity index (χ3n) is 1.36. The Labute approximate surface area is 70.8 Å². The summed E-state index contributed by atoms with van der Waals surface area (Å²) in [5, 5.41) is 8.09. The first-order valence-corrected chi connectivity index (χ1v) is 3.15. The summed E-state index contributed by atoms with van der Waals surface area (Å²) in [4.78, 5) is 10.6. The van der Waals surface area contributed by atoms with Crippen LogP contribution in [-0.2, 0) is 0 Å². The lowest BCUT2D eigenvalue weighted by Crippen LogP contribution is -2.20. The van der Waals surface area contributed by atoms with E-state index in [-0.39, 0.29) is 6.07 Å². The van der Waals surface area contributed by atoms with Gasteiger partial charge in [-0.05, 0) is 6.07 Å². The minimum atomic E-state index is -1.40. The lowest BCUT2D eigenvalue weighted by atomic mass is 10.2. The number of carbonyl (C=O) groups is 1. The molecule has 0 spiro atoms. The molecule has 1 rings (SSSR count). The highest BCUT2D eigenvalue weighted by Gasteiger charge is 2.15. The van der Waals surface area contributed by atoms with Gasteiger partial charge < -0.3 is 0 Å². The first-order valence-electron chi connectivity index (χ1n) is 3.15. The molecule has 6 heteroatoms. The van der Waals surface area contributed by atoms with Crippen molar-refractivity contribution in [2.24, 2.45) is 0 Å². The van der Waals surface area contributed by atoms with Crippen LogP contribution in [0.25, 0.3) is 0 Å². The highest BCUT2D eigenvalue weighted by molar-refractivity contribution is 5.93. The van der Waals surface area contributed by atoms with Gasteiger partial charge in [-0.25, -0.2) is 18.7 Å². The second kappa shape index (κ2) is 3.44. The monoisotopic (exact) mass is 191 g/mol. The van der Waals surface area contributed by atoms with Crippen molar-refractivity contribution in [3.63, 3.8) is 0 Å². The maximum Gasteiger partial charge on any atom is 0.277 e. The number of amides is 1. The molecular formula is C7H4F3NO2. The van der Waals surface area contributed by atoms with Gasteiger partial charge in [0.25, 0.3) is 5.91 Å². The van der Waals surface area contributed by atoms with Crippen LogP contribution in [0.1, 0.15) is 10.4 Å². The highest BCUT2D eigenvalue weighted by atomic mass is 19.2. The Morgan fingerprint density at radius 2 is 1.69 bits per heavy atom. The van der Waals surface area contributed by atoms with Crippen molar-refractivity contribution in [3.8, 4) is 0 Å². The summed E-state index contributed by atoms with van der Waals surface area (Å²) >= 11 is 0. The van der Waals surface area contributed by atoms with Crippen LogP contribution in [0.2, 0.25) is 0 Å². The molecule has 13 heavy (non-hydrogen) atoms. The molecule has 2 N–H and O–H groups in total. The van der Waals surface area contributed by atoms with E-state index < -0.39 is 28.9 Å². The molecule has 0 saturated carbocycles. The van der Waals surface area contributed by atoms with Gasteiger partial charge in [0.1, 0.15) is 5.82 Å². The molecule has 1 aromatic carbocycles. The topological polar surface area (TPSA) is 49.3 Å². The van der Waals surface area contributed by atoms with Crippen molar-refractivity contribution in [1.82, 2.24) is 5.48 Å². The Balaban J connectivity index is 3.23. The number of rotatable bonds is 1. The molecule has 3 nitrogen and oxygen atoms in total. The molecular weight excluding hydrogens is 187 g/mol. The Bertz CT molecular complexity index is 354. The Hall–Kier alpha value is -1.56. The first kappa shape index (κ1) is 9.53. The van der Waals surface area contributed by atoms with Gasteiger partial charge in [-0.15, -0.1) is 0 Å². The van der Waals surface area contributed by atoms with Crippen molar-refractivity contribution in [1.29, 1.82) is 0 Å². The summed E-state index contributed by atoms with van der Waals surface area (Å²) in [5.74, 6) is -5.24. The fourth-order valence-corrected chi connectivity index (χ4v) is 0.757. The van der Waals surface area contributed by atoms with Crippen molar-refractivity contribution < 1.29 is 23.2 Å². The van der Waals surface area contributed by atoms with E-state index in [0.717, 1.165) is 5.48 Å². The Morgan fingerprint density at radius 3 is 2.23 bits per heavy atom. The first-order chi connectivity index (χ1) is 6.06. The van der Waals surface area contributed by atoms with Gasteiger partial charge in [-0.1, -0.05) is 0 Å². The normalized spacial score (nSPS) is 9.85. The highest BCUT2D eigenvalue weighted by Crippen LogP contribution is 2.13. The Morgan fingerprint density at radius 1 is 1.15 bits per heavy atom. The molecule has 0 aliphatic heterocycles. The summed E-state index contributed by atoms with van der Waals surface area (Å²) in [5.41, 5.74) is 0.338. The van der Waals surface area contributed by atoms with Gasteiger partial charge in [0.2, 0.25) is 0 Å². The van der Waals surface area contributed by atoms with Crippen LogP contribution < -0.4 is 5.48 Å². The van der Waals surface area contributed by atoms with Gasteiger partial charge in [0.15, 0.2) is 11.6 Å². The molecule has 0 heterocycles. The quantitative estimate of drug-likeness (QED) is 0.398. The summed E-state index contributed by atoms with van der Waals surface area (Å²) in [6.45, 7) is 0. The molecule has 1 aromatic rings. The summed E-state index contributed by atoms with van der Waals surface area (Å²) in [7, 11) is 0. The third-order valence-corrected chi connectivity index (χ3v) is 1.36. The maximum absolute atomic E-state index is 12.7. The minimum Gasteiger partial charge on any atom is -0.288 e. The molecule has 0 unspecified atom stereocenters. The molecule has 0 fully saturated rings. The molecule has 0 radical (unpaired) electrons. The predicted octanol–water partition coefficient (Wildman–Crippen LogP) is 1.22. The minimum absolute atomic E-state index is 0.222. The fraction of sp³-hybridized carbons (Fsp3) is 0. The van der Waals surface area contributed by atoms with Gasteiger partial charge in [0, 0.05) is 6.07 Å². The number of nitrogens with one attached hydrogen (secondary N) is 1. The van der Waals surface area contributed by atoms with Crippen molar-refractivity contribution in [2.75, 3.05) is 0 Å². The molecule has 0 aromatic heterocycles. The molecule has 70 valence electrons. The summed E-state index contributed by atoms with van der Waals surface area (Å²) < 4.78 is 37.5.